The molecule has 19 heavy (non-hydrogen) atoms. The van der Waals surface area contributed by atoms with E-state index in [-0.39, 0.29) is 5.02 Å². The molecule has 2 heterocycles. The molecular weight excluding hydrogens is 269 g/mol. The number of hydrogen-bond acceptors (Lipinski definition) is 3. The number of nitrogens with two attached hydrogens (primary N) is 1. The van der Waals surface area contributed by atoms with Crippen molar-refractivity contribution in [3.05, 3.63) is 41.4 Å². The summed E-state index contributed by atoms with van der Waals surface area (Å²) < 4.78 is 16.9. The molecule has 2 N–H and O–H groups in total. The monoisotopic (exact) mass is 279 g/mol. The normalized spacial score (nSPS) is 11.3. The van der Waals surface area contributed by atoms with Crippen LogP contribution in [0.5, 0.6) is 0 Å². The van der Waals surface area contributed by atoms with E-state index >= 15 is 0 Å². The van der Waals surface area contributed by atoms with E-state index in [0.29, 0.717) is 24.6 Å². The van der Waals surface area contributed by atoms with Gasteiger partial charge in [-0.05, 0) is 12.1 Å². The minimum Gasteiger partial charge on any atom is -0.369 e. The van der Waals surface area contributed by atoms with Crippen LogP contribution in [0.4, 0.5) is 10.3 Å². The number of aryl methyl sites for hydroxylation is 2. The van der Waals surface area contributed by atoms with Gasteiger partial charge in [0.2, 0.25) is 5.95 Å². The molecular formula is C12H11ClFN5. The van der Waals surface area contributed by atoms with E-state index in [0.717, 1.165) is 5.52 Å². The summed E-state index contributed by atoms with van der Waals surface area (Å²) >= 11 is 5.79. The van der Waals surface area contributed by atoms with Gasteiger partial charge in [-0.3, -0.25) is 4.68 Å². The summed E-state index contributed by atoms with van der Waals surface area (Å²) in [4.78, 5) is 4.13. The lowest BCUT2D eigenvalue weighted by Crippen LogP contribution is -2.10. The van der Waals surface area contributed by atoms with Gasteiger partial charge in [0.15, 0.2) is 0 Å². The van der Waals surface area contributed by atoms with E-state index in [1.54, 1.807) is 21.5 Å². The molecule has 0 bridgehead atoms. The van der Waals surface area contributed by atoms with Gasteiger partial charge in [-0.15, -0.1) is 0 Å². The van der Waals surface area contributed by atoms with Gasteiger partial charge in [-0.1, -0.05) is 11.6 Å². The molecule has 3 aromatic rings. The topological polar surface area (TPSA) is 61.7 Å². The Hall–Kier alpha value is -2.08. The molecule has 2 aromatic heterocycles. The minimum absolute atomic E-state index is 0.0627. The first kappa shape index (κ1) is 12.0. The molecule has 0 atom stereocenters. The van der Waals surface area contributed by atoms with Crippen LogP contribution in [0.25, 0.3) is 11.0 Å². The highest BCUT2D eigenvalue weighted by Gasteiger charge is 2.11. The van der Waals surface area contributed by atoms with Crippen LogP contribution in [0.15, 0.2) is 30.6 Å². The van der Waals surface area contributed by atoms with Gasteiger partial charge in [0, 0.05) is 25.0 Å². The van der Waals surface area contributed by atoms with Gasteiger partial charge < -0.3 is 10.3 Å². The Morgan fingerprint density at radius 1 is 1.32 bits per heavy atom. The maximum Gasteiger partial charge on any atom is 0.201 e. The lowest BCUT2D eigenvalue weighted by Gasteiger charge is -2.07. The molecule has 0 amide bonds. The summed E-state index contributed by atoms with van der Waals surface area (Å²) in [6.07, 6.45) is 3.57. The third-order valence-corrected chi connectivity index (χ3v) is 3.22. The second-order valence-electron chi connectivity index (χ2n) is 4.15. The smallest absolute Gasteiger partial charge is 0.201 e. The highest BCUT2D eigenvalue weighted by atomic mass is 35.5. The zero-order chi connectivity index (χ0) is 13.4. The lowest BCUT2D eigenvalue weighted by atomic mass is 10.3. The Balaban J connectivity index is 1.98. The largest absolute Gasteiger partial charge is 0.369 e. The first-order chi connectivity index (χ1) is 9.15. The molecule has 7 heteroatoms. The fourth-order valence-electron chi connectivity index (χ4n) is 2.01. The quantitative estimate of drug-likeness (QED) is 0.800. The average Bonchev–Trinajstić information content (AvgIpc) is 2.96. The lowest BCUT2D eigenvalue weighted by molar-refractivity contribution is 0.544. The van der Waals surface area contributed by atoms with Crippen LogP contribution in [-0.2, 0) is 13.1 Å². The first-order valence-electron chi connectivity index (χ1n) is 5.73. The molecule has 5 nitrogen and oxygen atoms in total. The molecule has 1 aromatic carbocycles. The van der Waals surface area contributed by atoms with Gasteiger partial charge in [0.1, 0.15) is 5.82 Å². The molecule has 0 spiro atoms. The van der Waals surface area contributed by atoms with E-state index in [4.69, 9.17) is 17.3 Å². The Bertz CT molecular complexity index is 719. The number of fused-ring (bicyclic) bond motifs is 1. The molecule has 0 unspecified atom stereocenters. The van der Waals surface area contributed by atoms with Crippen molar-refractivity contribution in [3.8, 4) is 0 Å². The van der Waals surface area contributed by atoms with Gasteiger partial charge in [0.25, 0.3) is 0 Å². The summed E-state index contributed by atoms with van der Waals surface area (Å²) in [7, 11) is 0. The number of nitrogens with zero attached hydrogens (tertiary/aromatic N) is 4. The molecule has 0 aliphatic rings. The number of halogens is 2. The first-order valence-corrected chi connectivity index (χ1v) is 6.11. The van der Waals surface area contributed by atoms with E-state index in [1.807, 2.05) is 12.3 Å². The van der Waals surface area contributed by atoms with Gasteiger partial charge in [0.05, 0.1) is 22.6 Å². The summed E-state index contributed by atoms with van der Waals surface area (Å²) in [5.41, 5.74) is 7.07. The van der Waals surface area contributed by atoms with Crippen molar-refractivity contribution in [1.82, 2.24) is 19.3 Å². The van der Waals surface area contributed by atoms with Crippen molar-refractivity contribution < 1.29 is 4.39 Å². The van der Waals surface area contributed by atoms with Crippen molar-refractivity contribution in [3.63, 3.8) is 0 Å². The molecule has 0 aliphatic carbocycles. The zero-order valence-corrected chi connectivity index (χ0v) is 10.7. The highest BCUT2D eigenvalue weighted by Crippen LogP contribution is 2.24. The van der Waals surface area contributed by atoms with Crippen molar-refractivity contribution in [2.75, 3.05) is 5.73 Å². The number of nitrogen functional groups attached to an aromatic ring is 1. The van der Waals surface area contributed by atoms with Crippen LogP contribution in [0, 0.1) is 5.82 Å². The van der Waals surface area contributed by atoms with Crippen LogP contribution in [-0.4, -0.2) is 19.3 Å². The third-order valence-electron chi connectivity index (χ3n) is 2.93. The van der Waals surface area contributed by atoms with Crippen LogP contribution in [0.1, 0.15) is 0 Å². The number of rotatable bonds is 3. The van der Waals surface area contributed by atoms with Crippen LogP contribution < -0.4 is 5.73 Å². The number of aromatic nitrogens is 4. The summed E-state index contributed by atoms with van der Waals surface area (Å²) in [6.45, 7) is 1.24. The summed E-state index contributed by atoms with van der Waals surface area (Å²) in [6, 6.07) is 4.68. The SMILES string of the molecule is Nc1nc2cc(F)c(Cl)cc2n1CCn1cccn1. The minimum atomic E-state index is -0.495. The number of benzene rings is 1. The fraction of sp³-hybridized carbons (Fsp3) is 0.167. The van der Waals surface area contributed by atoms with Crippen molar-refractivity contribution >= 4 is 28.6 Å². The summed E-state index contributed by atoms with van der Waals surface area (Å²) in [5.74, 6) is -0.158. The molecule has 0 aliphatic heterocycles. The fourth-order valence-corrected chi connectivity index (χ4v) is 2.17. The molecule has 0 saturated heterocycles. The molecule has 0 saturated carbocycles. The van der Waals surface area contributed by atoms with Gasteiger partial charge >= 0.3 is 0 Å². The van der Waals surface area contributed by atoms with E-state index in [9.17, 15) is 4.39 Å². The predicted molar refractivity (Wildman–Crippen MR) is 71.3 cm³/mol. The molecule has 0 fully saturated rings. The predicted octanol–water partition coefficient (Wildman–Crippen LogP) is 2.31. The van der Waals surface area contributed by atoms with E-state index < -0.39 is 5.82 Å². The Morgan fingerprint density at radius 3 is 2.89 bits per heavy atom. The average molecular weight is 280 g/mol. The van der Waals surface area contributed by atoms with Crippen LogP contribution >= 0.6 is 11.6 Å². The third kappa shape index (κ3) is 2.15. The maximum atomic E-state index is 13.4. The Labute approximate surface area is 113 Å². The van der Waals surface area contributed by atoms with Crippen molar-refractivity contribution in [2.24, 2.45) is 0 Å². The zero-order valence-electron chi connectivity index (χ0n) is 9.92. The second-order valence-corrected chi connectivity index (χ2v) is 4.55. The second kappa shape index (κ2) is 4.55. The van der Waals surface area contributed by atoms with Gasteiger partial charge in [-0.2, -0.15) is 5.10 Å². The van der Waals surface area contributed by atoms with Crippen LogP contribution in [0.2, 0.25) is 5.02 Å². The standard InChI is InChI=1S/C12H11ClFN5/c13-8-6-11-10(7-9(8)14)17-12(15)19(11)5-4-18-3-1-2-16-18/h1-3,6-7H,4-5H2,(H2,15,17). The van der Waals surface area contributed by atoms with Crippen molar-refractivity contribution in [2.45, 2.75) is 13.1 Å². The number of imidazole rings is 1. The molecule has 3 rings (SSSR count). The van der Waals surface area contributed by atoms with E-state index in [1.165, 1.54) is 6.07 Å². The van der Waals surface area contributed by atoms with Crippen molar-refractivity contribution in [1.29, 1.82) is 0 Å². The Morgan fingerprint density at radius 2 is 2.16 bits per heavy atom. The Kier molecular flexibility index (Phi) is 2.87. The van der Waals surface area contributed by atoms with Crippen LogP contribution in [0.3, 0.4) is 0 Å². The number of anilines is 1. The van der Waals surface area contributed by atoms with Gasteiger partial charge in [-0.25, -0.2) is 9.37 Å². The molecule has 0 radical (unpaired) electrons. The maximum absolute atomic E-state index is 13.4. The molecule has 98 valence electrons. The number of hydrogen-bond donors (Lipinski definition) is 1. The highest BCUT2D eigenvalue weighted by molar-refractivity contribution is 6.31. The van der Waals surface area contributed by atoms with E-state index in [2.05, 4.69) is 10.1 Å². The summed E-state index contributed by atoms with van der Waals surface area (Å²) in [5, 5.41) is 4.18.